The van der Waals surface area contributed by atoms with Crippen LogP contribution in [0.1, 0.15) is 11.6 Å². The second kappa shape index (κ2) is 3.65. The van der Waals surface area contributed by atoms with Gasteiger partial charge in [-0.2, -0.15) is 13.2 Å². The maximum absolute atomic E-state index is 12.8. The normalized spacial score (nSPS) is 14.0. The van der Waals surface area contributed by atoms with Gasteiger partial charge in [-0.05, 0) is 6.07 Å². The first-order valence-corrected chi connectivity index (χ1v) is 3.80. The summed E-state index contributed by atoms with van der Waals surface area (Å²) in [6.45, 7) is 0. The Hall–Kier alpha value is -1.37. The Bertz CT molecular complexity index is 374. The molecule has 0 bridgehead atoms. The van der Waals surface area contributed by atoms with Crippen molar-refractivity contribution in [2.75, 3.05) is 5.73 Å². The minimum Gasteiger partial charge on any atom is -0.396 e. The molecule has 1 rings (SSSR count). The topological polar surface area (TPSA) is 52.0 Å². The van der Waals surface area contributed by atoms with Gasteiger partial charge in [-0.25, -0.2) is 8.78 Å². The molecule has 2 nitrogen and oxygen atoms in total. The van der Waals surface area contributed by atoms with Crippen molar-refractivity contribution >= 4 is 5.69 Å². The average molecular weight is 226 g/mol. The van der Waals surface area contributed by atoms with Gasteiger partial charge in [0.15, 0.2) is 0 Å². The molecule has 0 aromatic heterocycles. The third kappa shape index (κ3) is 2.35. The number of alkyl halides is 3. The van der Waals surface area contributed by atoms with Gasteiger partial charge in [0.25, 0.3) is 0 Å². The minimum absolute atomic E-state index is 0.391. The SMILES string of the molecule is Nc1c(F)cc(F)cc1[C@H](N)C(F)(F)F. The number of rotatable bonds is 1. The molecule has 4 N–H and O–H groups in total. The third-order valence-corrected chi connectivity index (χ3v) is 1.81. The molecule has 0 fully saturated rings. The minimum atomic E-state index is -4.80. The fraction of sp³-hybridized carbons (Fsp3) is 0.250. The van der Waals surface area contributed by atoms with Crippen LogP contribution in [0.15, 0.2) is 12.1 Å². The number of hydrogen-bond donors (Lipinski definition) is 2. The van der Waals surface area contributed by atoms with E-state index in [0.717, 1.165) is 0 Å². The first kappa shape index (κ1) is 11.7. The first-order chi connectivity index (χ1) is 6.73. The van der Waals surface area contributed by atoms with E-state index in [-0.39, 0.29) is 0 Å². The Morgan fingerprint density at radius 2 is 1.67 bits per heavy atom. The van der Waals surface area contributed by atoms with E-state index in [4.69, 9.17) is 11.5 Å². The summed E-state index contributed by atoms with van der Waals surface area (Å²) in [7, 11) is 0. The maximum atomic E-state index is 12.8. The summed E-state index contributed by atoms with van der Waals surface area (Å²) in [6.07, 6.45) is -4.80. The van der Waals surface area contributed by atoms with Crippen molar-refractivity contribution in [2.24, 2.45) is 5.73 Å². The summed E-state index contributed by atoms with van der Waals surface area (Å²) in [6, 6.07) is -1.64. The summed E-state index contributed by atoms with van der Waals surface area (Å²) in [4.78, 5) is 0. The van der Waals surface area contributed by atoms with Gasteiger partial charge in [-0.15, -0.1) is 0 Å². The second-order valence-electron chi connectivity index (χ2n) is 2.91. The fourth-order valence-corrected chi connectivity index (χ4v) is 1.04. The van der Waals surface area contributed by atoms with Crippen molar-refractivity contribution in [1.82, 2.24) is 0 Å². The van der Waals surface area contributed by atoms with Crippen LogP contribution in [0.2, 0.25) is 0 Å². The molecule has 1 atom stereocenters. The van der Waals surface area contributed by atoms with Crippen LogP contribution in [0.3, 0.4) is 0 Å². The van der Waals surface area contributed by atoms with Gasteiger partial charge in [0.05, 0.1) is 5.69 Å². The zero-order valence-electron chi connectivity index (χ0n) is 7.28. The lowest BCUT2D eigenvalue weighted by Crippen LogP contribution is -2.29. The van der Waals surface area contributed by atoms with E-state index < -0.39 is 35.1 Å². The number of halogens is 5. The third-order valence-electron chi connectivity index (χ3n) is 1.81. The van der Waals surface area contributed by atoms with Crippen LogP contribution in [-0.2, 0) is 0 Å². The summed E-state index contributed by atoms with van der Waals surface area (Å²) >= 11 is 0. The largest absolute Gasteiger partial charge is 0.407 e. The number of anilines is 1. The van der Waals surface area contributed by atoms with Gasteiger partial charge in [-0.1, -0.05) is 0 Å². The van der Waals surface area contributed by atoms with Gasteiger partial charge in [0, 0.05) is 11.6 Å². The molecule has 0 aliphatic rings. The standard InChI is InChI=1S/C8H7F5N2/c9-3-1-4(6(14)5(10)2-3)7(15)8(11,12)13/h1-2,7H,14-15H2/t7-/m0/s1. The summed E-state index contributed by atoms with van der Waals surface area (Å²) < 4.78 is 61.9. The van der Waals surface area contributed by atoms with E-state index in [1.54, 1.807) is 0 Å². The molecule has 0 saturated heterocycles. The number of benzene rings is 1. The molecule has 0 radical (unpaired) electrons. The van der Waals surface area contributed by atoms with Crippen LogP contribution in [0.25, 0.3) is 0 Å². The predicted molar refractivity (Wildman–Crippen MR) is 43.8 cm³/mol. The zero-order valence-corrected chi connectivity index (χ0v) is 7.28. The summed E-state index contributed by atoms with van der Waals surface area (Å²) in [5.41, 5.74) is 8.20. The molecular formula is C8H7F5N2. The number of hydrogen-bond acceptors (Lipinski definition) is 2. The van der Waals surface area contributed by atoms with Crippen molar-refractivity contribution in [3.05, 3.63) is 29.3 Å². The summed E-state index contributed by atoms with van der Waals surface area (Å²) in [5, 5.41) is 0. The molecular weight excluding hydrogens is 219 g/mol. The van der Waals surface area contributed by atoms with Crippen molar-refractivity contribution in [3.8, 4) is 0 Å². The number of nitrogens with two attached hydrogens (primary N) is 2. The monoisotopic (exact) mass is 226 g/mol. The number of nitrogen functional groups attached to an aromatic ring is 1. The Morgan fingerprint density at radius 3 is 2.13 bits per heavy atom. The molecule has 0 unspecified atom stereocenters. The van der Waals surface area contributed by atoms with Crippen LogP contribution < -0.4 is 11.5 Å². The Morgan fingerprint density at radius 1 is 1.13 bits per heavy atom. The highest BCUT2D eigenvalue weighted by Crippen LogP contribution is 2.34. The van der Waals surface area contributed by atoms with Crippen LogP contribution in [0.4, 0.5) is 27.6 Å². The van der Waals surface area contributed by atoms with E-state index in [1.165, 1.54) is 0 Å². The van der Waals surface area contributed by atoms with Gasteiger partial charge in [0.2, 0.25) is 0 Å². The van der Waals surface area contributed by atoms with Crippen molar-refractivity contribution in [1.29, 1.82) is 0 Å². The van der Waals surface area contributed by atoms with Crippen molar-refractivity contribution in [3.63, 3.8) is 0 Å². The Kier molecular flexibility index (Phi) is 2.85. The van der Waals surface area contributed by atoms with E-state index >= 15 is 0 Å². The fourth-order valence-electron chi connectivity index (χ4n) is 1.04. The molecule has 1 aromatic carbocycles. The summed E-state index contributed by atoms with van der Waals surface area (Å²) in [5.74, 6) is -2.42. The molecule has 1 aromatic rings. The molecule has 0 spiro atoms. The first-order valence-electron chi connectivity index (χ1n) is 3.80. The predicted octanol–water partition coefficient (Wildman–Crippen LogP) is 2.11. The highest BCUT2D eigenvalue weighted by molar-refractivity contribution is 5.50. The van der Waals surface area contributed by atoms with Crippen LogP contribution in [0, 0.1) is 11.6 Å². The molecule has 0 aliphatic carbocycles. The highest BCUT2D eigenvalue weighted by atomic mass is 19.4. The molecule has 7 heteroatoms. The van der Waals surface area contributed by atoms with E-state index in [9.17, 15) is 22.0 Å². The van der Waals surface area contributed by atoms with Gasteiger partial charge >= 0.3 is 6.18 Å². The quantitative estimate of drug-likeness (QED) is 0.569. The Balaban J connectivity index is 3.25. The van der Waals surface area contributed by atoms with E-state index in [1.807, 2.05) is 0 Å². The van der Waals surface area contributed by atoms with Crippen molar-refractivity contribution < 1.29 is 22.0 Å². The lowest BCUT2D eigenvalue weighted by molar-refractivity contribution is -0.149. The smallest absolute Gasteiger partial charge is 0.396 e. The molecule has 84 valence electrons. The van der Waals surface area contributed by atoms with Gasteiger partial charge in [0.1, 0.15) is 17.7 Å². The van der Waals surface area contributed by atoms with Crippen molar-refractivity contribution in [2.45, 2.75) is 12.2 Å². The second-order valence-corrected chi connectivity index (χ2v) is 2.91. The maximum Gasteiger partial charge on any atom is 0.407 e. The van der Waals surface area contributed by atoms with Crippen LogP contribution >= 0.6 is 0 Å². The van der Waals surface area contributed by atoms with Crippen LogP contribution in [-0.4, -0.2) is 6.18 Å². The molecule has 0 heterocycles. The van der Waals surface area contributed by atoms with Gasteiger partial charge in [-0.3, -0.25) is 0 Å². The van der Waals surface area contributed by atoms with Crippen LogP contribution in [0.5, 0.6) is 0 Å². The molecule has 15 heavy (non-hydrogen) atoms. The highest BCUT2D eigenvalue weighted by Gasteiger charge is 2.39. The van der Waals surface area contributed by atoms with E-state index in [0.29, 0.717) is 12.1 Å². The lowest BCUT2D eigenvalue weighted by Gasteiger charge is -2.17. The van der Waals surface area contributed by atoms with Gasteiger partial charge < -0.3 is 11.5 Å². The lowest BCUT2D eigenvalue weighted by atomic mass is 10.0. The zero-order chi connectivity index (χ0) is 11.8. The Labute approximate surface area is 81.7 Å². The average Bonchev–Trinajstić information content (AvgIpc) is 2.08. The molecule has 0 saturated carbocycles. The van der Waals surface area contributed by atoms with E-state index in [2.05, 4.69) is 0 Å². The molecule has 0 amide bonds. The molecule has 0 aliphatic heterocycles.